The summed E-state index contributed by atoms with van der Waals surface area (Å²) in [4.78, 5) is 26.3. The van der Waals surface area contributed by atoms with E-state index < -0.39 is 0 Å². The van der Waals surface area contributed by atoms with Gasteiger partial charge in [0, 0.05) is 13.5 Å². The first-order chi connectivity index (χ1) is 18.9. The van der Waals surface area contributed by atoms with Gasteiger partial charge in [-0.3, -0.25) is 9.59 Å². The summed E-state index contributed by atoms with van der Waals surface area (Å²) in [5.74, 6) is 0.638. The minimum absolute atomic E-state index is 0.0740. The lowest BCUT2D eigenvalue weighted by Crippen LogP contribution is -2.28. The lowest BCUT2D eigenvalue weighted by molar-refractivity contribution is -0.130. The third-order valence-electron chi connectivity index (χ3n) is 6.25. The highest BCUT2D eigenvalue weighted by Crippen LogP contribution is 2.34. The van der Waals surface area contributed by atoms with Crippen LogP contribution in [0.5, 0.6) is 5.75 Å². The summed E-state index contributed by atoms with van der Waals surface area (Å²) in [6.07, 6.45) is 0.492. The molecule has 4 aromatic rings. The Labute approximate surface area is 232 Å². The molecule has 5 rings (SSSR count). The molecule has 0 spiro atoms. The van der Waals surface area contributed by atoms with Crippen molar-refractivity contribution in [3.8, 4) is 5.75 Å². The summed E-state index contributed by atoms with van der Waals surface area (Å²) in [7, 11) is 3.39. The van der Waals surface area contributed by atoms with Gasteiger partial charge in [-0.2, -0.15) is 5.10 Å². The zero-order valence-corrected chi connectivity index (χ0v) is 22.8. The molecule has 1 atom stereocenters. The molecule has 0 fully saturated rings. The lowest BCUT2D eigenvalue weighted by atomic mass is 9.98. The van der Waals surface area contributed by atoms with Crippen molar-refractivity contribution in [2.24, 2.45) is 12.1 Å². The third kappa shape index (κ3) is 6.02. The molecule has 1 aliphatic rings. The highest BCUT2D eigenvalue weighted by molar-refractivity contribution is 7.99. The van der Waals surface area contributed by atoms with Gasteiger partial charge in [-0.25, -0.2) is 9.40 Å². The highest BCUT2D eigenvalue weighted by atomic mass is 32.2. The number of nitrogens with one attached hydrogen (secondary N) is 1. The first-order valence-corrected chi connectivity index (χ1v) is 13.9. The monoisotopic (exact) mass is 564 g/mol. The van der Waals surface area contributed by atoms with Gasteiger partial charge in [0.25, 0.3) is 11.8 Å². The van der Waals surface area contributed by atoms with Crippen molar-refractivity contribution in [1.82, 2.24) is 25.1 Å². The van der Waals surface area contributed by atoms with Crippen LogP contribution in [0.2, 0.25) is 0 Å². The standard InChI is InChI=1S/C27H25FN6O3S2/c1-33-24(15-29-26(36)23-4-3-13-38-23)30-31-27(33)39-16-25(35)34-22(18-5-9-19(28)10-6-18)14-21(32-34)17-7-11-20(37-2)12-8-17/h3-13,22H,14-16H2,1-2H3,(H,29,36). The maximum atomic E-state index is 13.6. The molecule has 39 heavy (non-hydrogen) atoms. The number of hydrogen-bond acceptors (Lipinski definition) is 8. The van der Waals surface area contributed by atoms with E-state index in [9.17, 15) is 14.0 Å². The molecule has 12 heteroatoms. The van der Waals surface area contributed by atoms with Crippen LogP contribution in [0.4, 0.5) is 4.39 Å². The Kier molecular flexibility index (Phi) is 8.03. The minimum atomic E-state index is -0.363. The lowest BCUT2D eigenvalue weighted by Gasteiger charge is -2.22. The van der Waals surface area contributed by atoms with Crippen molar-refractivity contribution in [2.45, 2.75) is 24.2 Å². The van der Waals surface area contributed by atoms with E-state index in [-0.39, 0.29) is 36.0 Å². The van der Waals surface area contributed by atoms with Gasteiger partial charge in [-0.15, -0.1) is 21.5 Å². The molecule has 1 aliphatic heterocycles. The molecule has 3 heterocycles. The second-order valence-corrected chi connectivity index (χ2v) is 10.6. The van der Waals surface area contributed by atoms with Gasteiger partial charge in [0.1, 0.15) is 11.6 Å². The Morgan fingerprint density at radius 2 is 1.90 bits per heavy atom. The predicted octanol–water partition coefficient (Wildman–Crippen LogP) is 4.42. The summed E-state index contributed by atoms with van der Waals surface area (Å²) >= 11 is 2.60. The number of halogens is 1. The molecule has 0 aliphatic carbocycles. The van der Waals surface area contributed by atoms with Gasteiger partial charge < -0.3 is 14.6 Å². The van der Waals surface area contributed by atoms with E-state index in [1.807, 2.05) is 35.7 Å². The summed E-state index contributed by atoms with van der Waals surface area (Å²) in [5.41, 5.74) is 2.44. The van der Waals surface area contributed by atoms with Crippen LogP contribution in [0.15, 0.2) is 76.3 Å². The van der Waals surface area contributed by atoms with E-state index in [0.29, 0.717) is 22.3 Å². The molecule has 200 valence electrons. The number of ether oxygens (including phenoxy) is 1. The molecule has 0 saturated carbocycles. The maximum Gasteiger partial charge on any atom is 0.261 e. The Hall–Kier alpha value is -4.03. The number of rotatable bonds is 9. The molecule has 2 aromatic carbocycles. The summed E-state index contributed by atoms with van der Waals surface area (Å²) in [6, 6.07) is 16.8. The van der Waals surface area contributed by atoms with Gasteiger partial charge in [0.15, 0.2) is 11.0 Å². The van der Waals surface area contributed by atoms with E-state index in [1.165, 1.54) is 40.2 Å². The van der Waals surface area contributed by atoms with Crippen LogP contribution in [0, 0.1) is 5.82 Å². The number of thiophene rings is 1. The summed E-state index contributed by atoms with van der Waals surface area (Å²) < 4.78 is 20.6. The number of carbonyl (C=O) groups is 2. The smallest absolute Gasteiger partial charge is 0.261 e. The molecular formula is C27H25FN6O3S2. The van der Waals surface area contributed by atoms with Crippen molar-refractivity contribution in [3.63, 3.8) is 0 Å². The second-order valence-electron chi connectivity index (χ2n) is 8.69. The van der Waals surface area contributed by atoms with Gasteiger partial charge in [0.2, 0.25) is 0 Å². The molecule has 2 amide bonds. The Morgan fingerprint density at radius 1 is 1.13 bits per heavy atom. The van der Waals surface area contributed by atoms with Gasteiger partial charge in [-0.05, 0) is 59.0 Å². The van der Waals surface area contributed by atoms with Crippen molar-refractivity contribution in [1.29, 1.82) is 0 Å². The molecule has 0 bridgehead atoms. The van der Waals surface area contributed by atoms with Crippen LogP contribution in [-0.2, 0) is 18.4 Å². The number of thioether (sulfide) groups is 1. The second kappa shape index (κ2) is 11.8. The zero-order chi connectivity index (χ0) is 27.4. The minimum Gasteiger partial charge on any atom is -0.497 e. The summed E-state index contributed by atoms with van der Waals surface area (Å²) in [5, 5.41) is 19.7. The van der Waals surface area contributed by atoms with E-state index >= 15 is 0 Å². The number of hydrazone groups is 1. The molecule has 2 aromatic heterocycles. The largest absolute Gasteiger partial charge is 0.497 e. The van der Waals surface area contributed by atoms with Crippen molar-refractivity contribution >= 4 is 40.6 Å². The number of benzene rings is 2. The number of carbonyl (C=O) groups excluding carboxylic acids is 2. The van der Waals surface area contributed by atoms with E-state index in [2.05, 4.69) is 20.6 Å². The molecule has 1 unspecified atom stereocenters. The van der Waals surface area contributed by atoms with Crippen LogP contribution >= 0.6 is 23.1 Å². The molecule has 9 nitrogen and oxygen atoms in total. The van der Waals surface area contributed by atoms with Crippen LogP contribution in [-0.4, -0.2) is 50.2 Å². The van der Waals surface area contributed by atoms with Gasteiger partial charge >= 0.3 is 0 Å². The number of amides is 2. The highest BCUT2D eigenvalue weighted by Gasteiger charge is 2.33. The fourth-order valence-corrected chi connectivity index (χ4v) is 5.54. The fraction of sp³-hybridized carbons (Fsp3) is 0.222. The molecule has 0 radical (unpaired) electrons. The van der Waals surface area contributed by atoms with E-state index in [4.69, 9.17) is 4.74 Å². The van der Waals surface area contributed by atoms with Crippen molar-refractivity contribution in [2.75, 3.05) is 12.9 Å². The molecule has 1 N–H and O–H groups in total. The summed E-state index contributed by atoms with van der Waals surface area (Å²) in [6.45, 7) is 0.211. The van der Waals surface area contributed by atoms with Gasteiger partial charge in [0.05, 0.1) is 36.0 Å². The van der Waals surface area contributed by atoms with Crippen LogP contribution in [0.3, 0.4) is 0 Å². The SMILES string of the molecule is COc1ccc(C2=NN(C(=O)CSc3nnc(CNC(=O)c4cccs4)n3C)C(c3ccc(F)cc3)C2)cc1. The van der Waals surface area contributed by atoms with Crippen LogP contribution in [0.1, 0.15) is 39.1 Å². The predicted molar refractivity (Wildman–Crippen MR) is 147 cm³/mol. The Balaban J connectivity index is 1.28. The average molecular weight is 565 g/mol. The first-order valence-electron chi connectivity index (χ1n) is 12.0. The fourth-order valence-electron chi connectivity index (χ4n) is 4.11. The maximum absolute atomic E-state index is 13.6. The van der Waals surface area contributed by atoms with E-state index in [1.54, 1.807) is 36.9 Å². The Bertz CT molecular complexity index is 1490. The molecule has 0 saturated heterocycles. The number of methoxy groups -OCH3 is 1. The number of nitrogens with zero attached hydrogens (tertiary/aromatic N) is 5. The molecular weight excluding hydrogens is 539 g/mol. The van der Waals surface area contributed by atoms with Crippen LogP contribution < -0.4 is 10.1 Å². The Morgan fingerprint density at radius 3 is 2.59 bits per heavy atom. The van der Waals surface area contributed by atoms with Crippen LogP contribution in [0.25, 0.3) is 0 Å². The quantitative estimate of drug-likeness (QED) is 0.302. The van der Waals surface area contributed by atoms with Gasteiger partial charge in [-0.1, -0.05) is 30.0 Å². The normalized spacial score (nSPS) is 14.8. The topological polar surface area (TPSA) is 102 Å². The van der Waals surface area contributed by atoms with Crippen molar-refractivity contribution < 1.29 is 18.7 Å². The number of hydrogen-bond donors (Lipinski definition) is 1. The zero-order valence-electron chi connectivity index (χ0n) is 21.2. The van der Waals surface area contributed by atoms with Crippen molar-refractivity contribution in [3.05, 3.63) is 93.7 Å². The number of aromatic nitrogens is 3. The average Bonchev–Trinajstić information content (AvgIpc) is 3.72. The first kappa shape index (κ1) is 26.6. The third-order valence-corrected chi connectivity index (χ3v) is 8.12. The van der Waals surface area contributed by atoms with E-state index in [0.717, 1.165) is 22.6 Å².